The lowest BCUT2D eigenvalue weighted by atomic mass is 9.91. The van der Waals surface area contributed by atoms with Crippen LogP contribution < -0.4 is 9.47 Å². The van der Waals surface area contributed by atoms with Crippen molar-refractivity contribution in [1.82, 2.24) is 0 Å². The molecule has 19 heavy (non-hydrogen) atoms. The van der Waals surface area contributed by atoms with Gasteiger partial charge in [0.05, 0.1) is 19.8 Å². The van der Waals surface area contributed by atoms with E-state index >= 15 is 0 Å². The Balaban J connectivity index is 2.45. The third-order valence-corrected chi connectivity index (χ3v) is 4.18. The average molecular weight is 329 g/mol. The maximum atomic E-state index is 12.6. The van der Waals surface area contributed by atoms with Crippen molar-refractivity contribution in [2.75, 3.05) is 20.8 Å². The van der Waals surface area contributed by atoms with Crippen molar-refractivity contribution in [3.05, 3.63) is 22.2 Å². The second-order valence-electron chi connectivity index (χ2n) is 4.67. The highest BCUT2D eigenvalue weighted by molar-refractivity contribution is 9.10. The van der Waals surface area contributed by atoms with Crippen LogP contribution in [0.15, 0.2) is 16.6 Å². The number of rotatable bonds is 4. The van der Waals surface area contributed by atoms with E-state index in [-0.39, 0.29) is 5.78 Å². The number of benzene rings is 1. The highest BCUT2D eigenvalue weighted by Gasteiger charge is 2.39. The van der Waals surface area contributed by atoms with Crippen molar-refractivity contribution < 1.29 is 19.0 Å². The first kappa shape index (κ1) is 14.3. The second kappa shape index (κ2) is 5.51. The van der Waals surface area contributed by atoms with E-state index in [1.165, 1.54) is 7.11 Å². The molecule has 1 unspecified atom stereocenters. The van der Waals surface area contributed by atoms with E-state index in [4.69, 9.17) is 14.2 Å². The van der Waals surface area contributed by atoms with E-state index in [0.29, 0.717) is 28.1 Å². The fourth-order valence-corrected chi connectivity index (χ4v) is 2.99. The van der Waals surface area contributed by atoms with E-state index < -0.39 is 5.60 Å². The topological polar surface area (TPSA) is 44.8 Å². The van der Waals surface area contributed by atoms with Crippen molar-refractivity contribution in [2.24, 2.45) is 0 Å². The number of carbonyl (C=O) groups excluding carboxylic acids is 1. The van der Waals surface area contributed by atoms with Gasteiger partial charge in [-0.1, -0.05) is 0 Å². The van der Waals surface area contributed by atoms with Gasteiger partial charge in [0, 0.05) is 6.61 Å². The highest BCUT2D eigenvalue weighted by atomic mass is 79.9. The molecule has 1 aliphatic heterocycles. The maximum absolute atomic E-state index is 12.6. The molecule has 0 radical (unpaired) electrons. The van der Waals surface area contributed by atoms with Gasteiger partial charge < -0.3 is 14.2 Å². The van der Waals surface area contributed by atoms with Crippen molar-refractivity contribution >= 4 is 21.7 Å². The average Bonchev–Trinajstić information content (AvgIpc) is 2.85. The summed E-state index contributed by atoms with van der Waals surface area (Å²) >= 11 is 3.40. The van der Waals surface area contributed by atoms with Crippen LogP contribution in [0, 0.1) is 0 Å². The molecule has 0 saturated carbocycles. The Labute approximate surface area is 121 Å². The molecule has 1 aromatic carbocycles. The zero-order valence-electron chi connectivity index (χ0n) is 11.3. The first-order chi connectivity index (χ1) is 9.03. The molecule has 0 bridgehead atoms. The lowest BCUT2D eigenvalue weighted by molar-refractivity contribution is 0.0211. The van der Waals surface area contributed by atoms with Gasteiger partial charge in [-0.2, -0.15) is 0 Å². The molecule has 0 aromatic heterocycles. The third kappa shape index (κ3) is 2.49. The van der Waals surface area contributed by atoms with E-state index in [1.54, 1.807) is 19.2 Å². The molecular weight excluding hydrogens is 312 g/mol. The normalized spacial score (nSPS) is 22.3. The van der Waals surface area contributed by atoms with Gasteiger partial charge in [0.25, 0.3) is 0 Å². The second-order valence-corrected chi connectivity index (χ2v) is 5.47. The fraction of sp³-hybridized carbons (Fsp3) is 0.500. The van der Waals surface area contributed by atoms with Gasteiger partial charge in [-0.05, 0) is 47.8 Å². The Bertz CT molecular complexity index is 492. The summed E-state index contributed by atoms with van der Waals surface area (Å²) in [6.45, 7) is 2.46. The van der Waals surface area contributed by atoms with Crippen LogP contribution in [0.1, 0.15) is 30.1 Å². The van der Waals surface area contributed by atoms with Crippen molar-refractivity contribution in [1.29, 1.82) is 0 Å². The third-order valence-electron chi connectivity index (χ3n) is 3.43. The summed E-state index contributed by atoms with van der Waals surface area (Å²) in [7, 11) is 3.11. The molecule has 0 N–H and O–H groups in total. The largest absolute Gasteiger partial charge is 0.495 e. The molecule has 5 heteroatoms. The first-order valence-electron chi connectivity index (χ1n) is 6.12. The molecule has 1 aliphatic rings. The molecular formula is C14H17BrO4. The smallest absolute Gasteiger partial charge is 0.198 e. The molecule has 1 fully saturated rings. The summed E-state index contributed by atoms with van der Waals surface area (Å²) in [6.07, 6.45) is 1.64. The van der Waals surface area contributed by atoms with Crippen molar-refractivity contribution in [3.8, 4) is 11.5 Å². The summed E-state index contributed by atoms with van der Waals surface area (Å²) in [5, 5.41) is 0. The van der Waals surface area contributed by atoms with Crippen LogP contribution in [-0.4, -0.2) is 32.2 Å². The lowest BCUT2D eigenvalue weighted by Crippen LogP contribution is -2.34. The van der Waals surface area contributed by atoms with Gasteiger partial charge >= 0.3 is 0 Å². The van der Waals surface area contributed by atoms with Gasteiger partial charge in [-0.3, -0.25) is 4.79 Å². The summed E-state index contributed by atoms with van der Waals surface area (Å²) < 4.78 is 16.8. The number of hydrogen-bond donors (Lipinski definition) is 0. The van der Waals surface area contributed by atoms with Crippen LogP contribution in [0.2, 0.25) is 0 Å². The molecule has 0 aliphatic carbocycles. The molecule has 2 rings (SSSR count). The lowest BCUT2D eigenvalue weighted by Gasteiger charge is -2.23. The molecule has 0 amide bonds. The Morgan fingerprint density at radius 3 is 2.63 bits per heavy atom. The molecule has 1 saturated heterocycles. The maximum Gasteiger partial charge on any atom is 0.198 e. The number of halogens is 1. The van der Waals surface area contributed by atoms with Gasteiger partial charge in [-0.15, -0.1) is 0 Å². The van der Waals surface area contributed by atoms with Crippen molar-refractivity contribution in [3.63, 3.8) is 0 Å². The van der Waals surface area contributed by atoms with Crippen molar-refractivity contribution in [2.45, 2.75) is 25.4 Å². The summed E-state index contributed by atoms with van der Waals surface area (Å²) in [5.74, 6) is 1.07. The van der Waals surface area contributed by atoms with Gasteiger partial charge in [0.1, 0.15) is 21.6 Å². The van der Waals surface area contributed by atoms with Gasteiger partial charge in [-0.25, -0.2) is 0 Å². The Hall–Kier alpha value is -1.07. The summed E-state index contributed by atoms with van der Waals surface area (Å²) in [5.41, 5.74) is -0.235. The van der Waals surface area contributed by atoms with Crippen LogP contribution in [0.4, 0.5) is 0 Å². The number of Topliss-reactive ketones (excluding diaryl/α,β-unsaturated/α-hetero) is 1. The zero-order chi connectivity index (χ0) is 14.0. The van der Waals surface area contributed by atoms with Crippen LogP contribution >= 0.6 is 15.9 Å². The van der Waals surface area contributed by atoms with Crippen LogP contribution in [0.25, 0.3) is 0 Å². The van der Waals surface area contributed by atoms with E-state index in [1.807, 2.05) is 6.92 Å². The Morgan fingerprint density at radius 2 is 2.11 bits per heavy atom. The van der Waals surface area contributed by atoms with Gasteiger partial charge in [0.2, 0.25) is 0 Å². The van der Waals surface area contributed by atoms with E-state index in [2.05, 4.69) is 15.9 Å². The Morgan fingerprint density at radius 1 is 1.37 bits per heavy atom. The van der Waals surface area contributed by atoms with E-state index in [9.17, 15) is 4.79 Å². The number of carbonyl (C=O) groups is 1. The summed E-state index contributed by atoms with van der Waals surface area (Å²) in [4.78, 5) is 12.6. The highest BCUT2D eigenvalue weighted by Crippen LogP contribution is 2.40. The van der Waals surface area contributed by atoms with Gasteiger partial charge in [0.15, 0.2) is 5.78 Å². The minimum atomic E-state index is -0.749. The molecule has 0 spiro atoms. The van der Waals surface area contributed by atoms with E-state index in [0.717, 1.165) is 12.8 Å². The molecule has 1 atom stereocenters. The zero-order valence-corrected chi connectivity index (χ0v) is 12.9. The number of ether oxygens (including phenoxy) is 3. The monoisotopic (exact) mass is 328 g/mol. The molecule has 4 nitrogen and oxygen atoms in total. The number of ketones is 1. The SMILES string of the molecule is COc1ccc(C(=O)C2(C)CCCO2)c(OC)c1Br. The van der Waals surface area contributed by atoms with Crippen LogP contribution in [0.5, 0.6) is 11.5 Å². The summed E-state index contributed by atoms with van der Waals surface area (Å²) in [6, 6.07) is 3.47. The fourth-order valence-electron chi connectivity index (χ4n) is 2.32. The number of hydrogen-bond acceptors (Lipinski definition) is 4. The molecule has 104 valence electrons. The predicted octanol–water partition coefficient (Wildman–Crippen LogP) is 3.22. The van der Waals surface area contributed by atoms with Crippen LogP contribution in [0.3, 0.4) is 0 Å². The first-order valence-corrected chi connectivity index (χ1v) is 6.92. The molecule has 1 aromatic rings. The molecule has 1 heterocycles. The predicted molar refractivity (Wildman–Crippen MR) is 75.2 cm³/mol. The quantitative estimate of drug-likeness (QED) is 0.796. The minimum absolute atomic E-state index is 0.0507. The van der Waals surface area contributed by atoms with Crippen LogP contribution in [-0.2, 0) is 4.74 Å². The minimum Gasteiger partial charge on any atom is -0.495 e. The number of methoxy groups -OCH3 is 2. The Kier molecular flexibility index (Phi) is 4.16. The standard InChI is InChI=1S/C14H17BrO4/c1-14(7-4-8-19-14)13(16)9-5-6-10(17-2)11(15)12(9)18-3/h5-6H,4,7-8H2,1-3H3.